The van der Waals surface area contributed by atoms with E-state index in [1.54, 1.807) is 40.3 Å². The fraction of sp³-hybridized carbons (Fsp3) is 0.500. The summed E-state index contributed by atoms with van der Waals surface area (Å²) in [5.74, 6) is 0.267. The van der Waals surface area contributed by atoms with Crippen molar-refractivity contribution in [2.45, 2.75) is 63.9 Å². The van der Waals surface area contributed by atoms with E-state index in [4.69, 9.17) is 0 Å². The van der Waals surface area contributed by atoms with E-state index in [9.17, 15) is 13.2 Å². The van der Waals surface area contributed by atoms with Crippen LogP contribution in [0.5, 0.6) is 0 Å². The minimum atomic E-state index is -3.63. The quantitative estimate of drug-likeness (QED) is 0.799. The van der Waals surface area contributed by atoms with Gasteiger partial charge in [0.1, 0.15) is 5.82 Å². The summed E-state index contributed by atoms with van der Waals surface area (Å²) in [4.78, 5) is 13.0. The van der Waals surface area contributed by atoms with Gasteiger partial charge in [-0.1, -0.05) is 19.4 Å². The van der Waals surface area contributed by atoms with Crippen LogP contribution in [0.3, 0.4) is 0 Å². The van der Waals surface area contributed by atoms with Gasteiger partial charge in [0.25, 0.3) is 5.91 Å². The summed E-state index contributed by atoms with van der Waals surface area (Å²) in [7, 11) is -3.63. The Bertz CT molecular complexity index is 952. The lowest BCUT2D eigenvalue weighted by Gasteiger charge is -2.32. The van der Waals surface area contributed by atoms with Crippen LogP contribution in [0, 0.1) is 6.92 Å². The maximum Gasteiger partial charge on any atom is 0.257 e. The SMILES string of the molecule is CCCn1nccc1NC(=O)c1cc(S(=O)(=O)N2CCCCC2C)ccc1C. The Labute approximate surface area is 166 Å². The van der Waals surface area contributed by atoms with Crippen LogP contribution < -0.4 is 5.32 Å². The molecule has 0 aliphatic carbocycles. The standard InChI is InChI=1S/C20H28N4O3S/c1-4-12-23-19(10-11-21-23)22-20(25)18-14-17(9-8-15(18)2)28(26,27)24-13-6-5-7-16(24)3/h8-11,14,16H,4-7,12-13H2,1-3H3,(H,22,25). The largest absolute Gasteiger partial charge is 0.307 e. The molecule has 1 amide bonds. The molecule has 1 aliphatic rings. The number of aromatic nitrogens is 2. The topological polar surface area (TPSA) is 84.3 Å². The molecule has 7 nitrogen and oxygen atoms in total. The van der Waals surface area contributed by atoms with E-state index in [-0.39, 0.29) is 16.8 Å². The Hall–Kier alpha value is -2.19. The Morgan fingerprint density at radius 1 is 1.29 bits per heavy atom. The summed E-state index contributed by atoms with van der Waals surface area (Å²) in [6, 6.07) is 6.48. The van der Waals surface area contributed by atoms with Crippen molar-refractivity contribution in [1.82, 2.24) is 14.1 Å². The lowest BCUT2D eigenvalue weighted by atomic mass is 10.1. The average molecular weight is 405 g/mol. The van der Waals surface area contributed by atoms with Gasteiger partial charge in [-0.25, -0.2) is 13.1 Å². The van der Waals surface area contributed by atoms with E-state index < -0.39 is 10.0 Å². The second-order valence-corrected chi connectivity index (χ2v) is 9.22. The molecular formula is C20H28N4O3S. The molecule has 28 heavy (non-hydrogen) atoms. The van der Waals surface area contributed by atoms with Crippen LogP contribution in [0.2, 0.25) is 0 Å². The number of sulfonamides is 1. The van der Waals surface area contributed by atoms with Crippen LogP contribution in [0.15, 0.2) is 35.4 Å². The molecule has 1 aromatic carbocycles. The average Bonchev–Trinajstić information content (AvgIpc) is 3.09. The van der Waals surface area contributed by atoms with Crippen LogP contribution in [0.1, 0.15) is 55.5 Å². The van der Waals surface area contributed by atoms with Gasteiger partial charge in [-0.05, 0) is 50.8 Å². The van der Waals surface area contributed by atoms with Crippen molar-refractivity contribution >= 4 is 21.7 Å². The summed E-state index contributed by atoms with van der Waals surface area (Å²) in [6.45, 7) is 7.00. The molecule has 152 valence electrons. The zero-order valence-corrected chi connectivity index (χ0v) is 17.5. The molecule has 1 aliphatic heterocycles. The van der Waals surface area contributed by atoms with Crippen molar-refractivity contribution in [1.29, 1.82) is 0 Å². The number of anilines is 1. The molecular weight excluding hydrogens is 376 g/mol. The minimum absolute atomic E-state index is 0.0271. The Morgan fingerprint density at radius 3 is 2.79 bits per heavy atom. The molecule has 0 spiro atoms. The second-order valence-electron chi connectivity index (χ2n) is 7.33. The van der Waals surface area contributed by atoms with Gasteiger partial charge >= 0.3 is 0 Å². The molecule has 1 aromatic heterocycles. The van der Waals surface area contributed by atoms with Gasteiger partial charge in [0.2, 0.25) is 10.0 Å². The van der Waals surface area contributed by atoms with Gasteiger partial charge in [-0.2, -0.15) is 9.40 Å². The lowest BCUT2D eigenvalue weighted by molar-refractivity contribution is 0.102. The number of carbonyl (C=O) groups excluding carboxylic acids is 1. The molecule has 2 aromatic rings. The molecule has 0 radical (unpaired) electrons. The van der Waals surface area contributed by atoms with Crippen molar-refractivity contribution in [3.63, 3.8) is 0 Å². The monoisotopic (exact) mass is 404 g/mol. The van der Waals surface area contributed by atoms with Crippen LogP contribution in [-0.2, 0) is 16.6 Å². The summed E-state index contributed by atoms with van der Waals surface area (Å²) in [5.41, 5.74) is 1.08. The van der Waals surface area contributed by atoms with Gasteiger partial charge < -0.3 is 5.32 Å². The molecule has 1 unspecified atom stereocenters. The smallest absolute Gasteiger partial charge is 0.257 e. The van der Waals surface area contributed by atoms with Crippen molar-refractivity contribution in [2.24, 2.45) is 0 Å². The first kappa shape index (κ1) is 20.5. The summed E-state index contributed by atoms with van der Waals surface area (Å²) >= 11 is 0. The fourth-order valence-electron chi connectivity index (χ4n) is 3.58. The highest BCUT2D eigenvalue weighted by molar-refractivity contribution is 7.89. The van der Waals surface area contributed by atoms with E-state index in [0.29, 0.717) is 24.5 Å². The van der Waals surface area contributed by atoms with Crippen molar-refractivity contribution in [2.75, 3.05) is 11.9 Å². The number of rotatable bonds is 6. The number of hydrogen-bond donors (Lipinski definition) is 1. The lowest BCUT2D eigenvalue weighted by Crippen LogP contribution is -2.42. The summed E-state index contributed by atoms with van der Waals surface area (Å²) in [6.07, 6.45) is 5.30. The molecule has 1 atom stereocenters. The highest BCUT2D eigenvalue weighted by atomic mass is 32.2. The number of hydrogen-bond acceptors (Lipinski definition) is 4. The highest BCUT2D eigenvalue weighted by Crippen LogP contribution is 2.26. The van der Waals surface area contributed by atoms with Crippen LogP contribution in [-0.4, -0.2) is 41.0 Å². The number of aryl methyl sites for hydroxylation is 2. The van der Waals surface area contributed by atoms with Gasteiger partial charge in [0.15, 0.2) is 0 Å². The predicted molar refractivity (Wildman–Crippen MR) is 109 cm³/mol. The Kier molecular flexibility index (Phi) is 6.20. The van der Waals surface area contributed by atoms with Crippen LogP contribution in [0.25, 0.3) is 0 Å². The maximum absolute atomic E-state index is 13.1. The molecule has 8 heteroatoms. The van der Waals surface area contributed by atoms with Gasteiger partial charge in [0.05, 0.1) is 11.1 Å². The van der Waals surface area contributed by atoms with Crippen molar-refractivity contribution < 1.29 is 13.2 Å². The molecule has 1 saturated heterocycles. The molecule has 1 fully saturated rings. The number of carbonyl (C=O) groups is 1. The van der Waals surface area contributed by atoms with E-state index in [1.807, 2.05) is 13.8 Å². The van der Waals surface area contributed by atoms with Gasteiger partial charge in [-0.15, -0.1) is 0 Å². The van der Waals surface area contributed by atoms with Crippen LogP contribution >= 0.6 is 0 Å². The van der Waals surface area contributed by atoms with E-state index in [2.05, 4.69) is 10.4 Å². The highest BCUT2D eigenvalue weighted by Gasteiger charge is 2.31. The molecule has 3 rings (SSSR count). The maximum atomic E-state index is 13.1. The van der Waals surface area contributed by atoms with Gasteiger partial charge in [-0.3, -0.25) is 4.79 Å². The number of piperidine rings is 1. The zero-order valence-electron chi connectivity index (χ0n) is 16.7. The van der Waals surface area contributed by atoms with Crippen molar-refractivity contribution in [3.05, 3.63) is 41.6 Å². The number of benzene rings is 1. The van der Waals surface area contributed by atoms with E-state index in [0.717, 1.165) is 31.2 Å². The molecule has 0 saturated carbocycles. The minimum Gasteiger partial charge on any atom is -0.307 e. The molecule has 1 N–H and O–H groups in total. The number of nitrogens with one attached hydrogen (secondary N) is 1. The third-order valence-corrected chi connectivity index (χ3v) is 7.21. The first-order valence-electron chi connectivity index (χ1n) is 9.80. The fourth-order valence-corrected chi connectivity index (χ4v) is 5.31. The van der Waals surface area contributed by atoms with Gasteiger partial charge in [0, 0.05) is 30.8 Å². The molecule has 2 heterocycles. The second kappa shape index (κ2) is 8.45. The summed E-state index contributed by atoms with van der Waals surface area (Å²) < 4.78 is 29.5. The first-order valence-corrected chi connectivity index (χ1v) is 11.2. The Morgan fingerprint density at radius 2 is 2.07 bits per heavy atom. The normalized spacial score (nSPS) is 18.2. The predicted octanol–water partition coefficient (Wildman–Crippen LogP) is 3.42. The van der Waals surface area contributed by atoms with Crippen molar-refractivity contribution in [3.8, 4) is 0 Å². The van der Waals surface area contributed by atoms with E-state index in [1.165, 1.54) is 6.07 Å². The number of amides is 1. The zero-order chi connectivity index (χ0) is 20.3. The molecule has 0 bridgehead atoms. The van der Waals surface area contributed by atoms with Crippen LogP contribution in [0.4, 0.5) is 5.82 Å². The third-order valence-electron chi connectivity index (χ3n) is 5.20. The number of nitrogens with zero attached hydrogens (tertiary/aromatic N) is 3. The summed E-state index contributed by atoms with van der Waals surface area (Å²) in [5, 5.41) is 7.05. The van der Waals surface area contributed by atoms with E-state index >= 15 is 0 Å². The Balaban J connectivity index is 1.88. The first-order chi connectivity index (χ1) is 13.3. The third kappa shape index (κ3) is 4.12.